The molecule has 3 aromatic rings. The third-order valence-corrected chi connectivity index (χ3v) is 5.47. The largest absolute Gasteiger partial charge is 0.357 e. The molecule has 2 unspecified atom stereocenters. The average molecular weight is 424 g/mol. The molecule has 0 bridgehead atoms. The minimum atomic E-state index is -0.457. The average Bonchev–Trinajstić information content (AvgIpc) is 3.31. The number of halogens is 1. The van der Waals surface area contributed by atoms with E-state index >= 15 is 0 Å². The predicted octanol–water partition coefficient (Wildman–Crippen LogP) is 3.56. The molecule has 0 spiro atoms. The van der Waals surface area contributed by atoms with Gasteiger partial charge in [0.05, 0.1) is 23.5 Å². The molecule has 1 saturated heterocycles. The summed E-state index contributed by atoms with van der Waals surface area (Å²) in [5, 5.41) is 6.55. The molecule has 4 rings (SSSR count). The number of carbonyl (C=O) groups excluding carboxylic acids is 1. The summed E-state index contributed by atoms with van der Waals surface area (Å²) in [5.41, 5.74) is 2.14. The second-order valence-corrected chi connectivity index (χ2v) is 7.60. The van der Waals surface area contributed by atoms with Crippen molar-refractivity contribution in [1.82, 2.24) is 19.8 Å². The molecule has 1 amide bonds. The van der Waals surface area contributed by atoms with Crippen molar-refractivity contribution in [2.75, 3.05) is 11.9 Å². The molecule has 2 atom stereocenters. The summed E-state index contributed by atoms with van der Waals surface area (Å²) in [6, 6.07) is 13.7. The van der Waals surface area contributed by atoms with Crippen LogP contribution in [0.15, 0.2) is 67.1 Å². The van der Waals surface area contributed by atoms with E-state index in [1.807, 2.05) is 53.2 Å². The lowest BCUT2D eigenvalue weighted by molar-refractivity contribution is -0.116. The molecule has 0 aliphatic carbocycles. The zero-order valence-electron chi connectivity index (χ0n) is 16.5. The molecule has 1 aliphatic rings. The van der Waals surface area contributed by atoms with Crippen LogP contribution in [0.3, 0.4) is 0 Å². The summed E-state index contributed by atoms with van der Waals surface area (Å²) in [6.45, 7) is 0.398. The van der Waals surface area contributed by atoms with Crippen LogP contribution in [0.4, 0.5) is 10.1 Å². The van der Waals surface area contributed by atoms with Gasteiger partial charge in [0, 0.05) is 38.6 Å². The SMILES string of the molecule is Cn1ccc(C2C(c3ccccn3)NC(=S)N2CCC(=O)Nc2ccccc2F)c1. The van der Waals surface area contributed by atoms with Gasteiger partial charge in [-0.05, 0) is 48.1 Å². The predicted molar refractivity (Wildman–Crippen MR) is 117 cm³/mol. The zero-order valence-corrected chi connectivity index (χ0v) is 17.3. The number of carbonyl (C=O) groups is 1. The number of rotatable bonds is 6. The number of hydrogen-bond acceptors (Lipinski definition) is 3. The number of aromatic nitrogens is 2. The van der Waals surface area contributed by atoms with E-state index in [1.54, 1.807) is 24.4 Å². The fourth-order valence-electron chi connectivity index (χ4n) is 3.71. The Bertz CT molecular complexity index is 1050. The van der Waals surface area contributed by atoms with E-state index in [4.69, 9.17) is 12.2 Å². The minimum absolute atomic E-state index is 0.102. The molecule has 154 valence electrons. The molecular weight excluding hydrogens is 401 g/mol. The van der Waals surface area contributed by atoms with Gasteiger partial charge < -0.3 is 20.1 Å². The Balaban J connectivity index is 1.52. The molecule has 30 heavy (non-hydrogen) atoms. The number of amides is 1. The van der Waals surface area contributed by atoms with Gasteiger partial charge >= 0.3 is 0 Å². The van der Waals surface area contributed by atoms with Crippen molar-refractivity contribution in [3.63, 3.8) is 0 Å². The number of thiocarbonyl (C=S) groups is 1. The van der Waals surface area contributed by atoms with E-state index in [1.165, 1.54) is 6.07 Å². The quantitative estimate of drug-likeness (QED) is 0.594. The van der Waals surface area contributed by atoms with Crippen molar-refractivity contribution >= 4 is 28.9 Å². The Morgan fingerprint density at radius 1 is 1.23 bits per heavy atom. The molecule has 8 heteroatoms. The Kier molecular flexibility index (Phi) is 5.76. The highest BCUT2D eigenvalue weighted by atomic mass is 32.1. The van der Waals surface area contributed by atoms with Gasteiger partial charge in [0.2, 0.25) is 5.91 Å². The van der Waals surface area contributed by atoms with E-state index in [0.29, 0.717) is 11.7 Å². The number of anilines is 1. The summed E-state index contributed by atoms with van der Waals surface area (Å²) in [6.07, 6.45) is 5.96. The van der Waals surface area contributed by atoms with Crippen molar-refractivity contribution in [3.8, 4) is 0 Å². The Labute approximate surface area is 179 Å². The number of nitrogens with one attached hydrogen (secondary N) is 2. The number of aryl methyl sites for hydroxylation is 1. The van der Waals surface area contributed by atoms with Crippen LogP contribution in [0.25, 0.3) is 0 Å². The summed E-state index contributed by atoms with van der Waals surface area (Å²) in [4.78, 5) is 18.9. The first-order valence-corrected chi connectivity index (χ1v) is 10.1. The van der Waals surface area contributed by atoms with Gasteiger partial charge in [-0.25, -0.2) is 4.39 Å². The van der Waals surface area contributed by atoms with Crippen LogP contribution in [0, 0.1) is 5.82 Å². The van der Waals surface area contributed by atoms with Gasteiger partial charge in [-0.3, -0.25) is 9.78 Å². The maximum atomic E-state index is 13.8. The van der Waals surface area contributed by atoms with Crippen molar-refractivity contribution in [2.24, 2.45) is 7.05 Å². The van der Waals surface area contributed by atoms with E-state index in [2.05, 4.69) is 15.6 Å². The number of para-hydroxylation sites is 1. The number of benzene rings is 1. The highest BCUT2D eigenvalue weighted by molar-refractivity contribution is 7.80. The van der Waals surface area contributed by atoms with E-state index < -0.39 is 5.82 Å². The van der Waals surface area contributed by atoms with E-state index in [9.17, 15) is 9.18 Å². The first kappa shape index (κ1) is 20.0. The standard InChI is InChI=1S/C22H22FN5OS/c1-27-12-9-15(14-27)21-20(18-8-4-5-11-24-18)26-22(30)28(21)13-10-19(29)25-17-7-3-2-6-16(17)23/h2-9,11-12,14,20-21H,10,13H2,1H3,(H,25,29)(H,26,30). The maximum Gasteiger partial charge on any atom is 0.226 e. The fraction of sp³-hybridized carbons (Fsp3) is 0.227. The molecule has 1 aliphatic heterocycles. The second kappa shape index (κ2) is 8.62. The highest BCUT2D eigenvalue weighted by Gasteiger charge is 2.40. The smallest absolute Gasteiger partial charge is 0.226 e. The van der Waals surface area contributed by atoms with Crippen LogP contribution < -0.4 is 10.6 Å². The minimum Gasteiger partial charge on any atom is -0.357 e. The number of hydrogen-bond donors (Lipinski definition) is 2. The van der Waals surface area contributed by atoms with Crippen LogP contribution in [0.1, 0.15) is 29.8 Å². The lowest BCUT2D eigenvalue weighted by atomic mass is 9.99. The molecule has 0 radical (unpaired) electrons. The highest BCUT2D eigenvalue weighted by Crippen LogP contribution is 2.38. The summed E-state index contributed by atoms with van der Waals surface area (Å²) < 4.78 is 15.8. The number of pyridine rings is 1. The van der Waals surface area contributed by atoms with Gasteiger partial charge in [0.25, 0.3) is 0 Å². The van der Waals surface area contributed by atoms with Gasteiger partial charge in [0.1, 0.15) is 5.82 Å². The molecule has 2 aromatic heterocycles. The molecule has 1 fully saturated rings. The summed E-state index contributed by atoms with van der Waals surface area (Å²) in [5.74, 6) is -0.724. The third-order valence-electron chi connectivity index (χ3n) is 5.12. The van der Waals surface area contributed by atoms with Crippen molar-refractivity contribution in [1.29, 1.82) is 0 Å². The van der Waals surface area contributed by atoms with Crippen molar-refractivity contribution in [2.45, 2.75) is 18.5 Å². The Morgan fingerprint density at radius 3 is 2.73 bits per heavy atom. The number of nitrogens with zero attached hydrogens (tertiary/aromatic N) is 3. The first-order valence-electron chi connectivity index (χ1n) is 9.67. The molecule has 3 heterocycles. The van der Waals surface area contributed by atoms with E-state index in [0.717, 1.165) is 11.3 Å². The monoisotopic (exact) mass is 423 g/mol. The molecule has 6 nitrogen and oxygen atoms in total. The fourth-order valence-corrected chi connectivity index (χ4v) is 4.04. The van der Waals surface area contributed by atoms with Crippen LogP contribution in [0.5, 0.6) is 0 Å². The lowest BCUT2D eigenvalue weighted by Gasteiger charge is -2.27. The molecular formula is C22H22FN5OS. The maximum absolute atomic E-state index is 13.8. The third kappa shape index (κ3) is 4.18. The Morgan fingerprint density at radius 2 is 2.03 bits per heavy atom. The molecule has 2 N–H and O–H groups in total. The Hall–Kier alpha value is -3.26. The zero-order chi connectivity index (χ0) is 21.1. The van der Waals surface area contributed by atoms with E-state index in [-0.39, 0.29) is 30.1 Å². The van der Waals surface area contributed by atoms with Crippen LogP contribution in [0.2, 0.25) is 0 Å². The summed E-state index contributed by atoms with van der Waals surface area (Å²) >= 11 is 5.59. The van der Waals surface area contributed by atoms with Crippen molar-refractivity contribution < 1.29 is 9.18 Å². The van der Waals surface area contributed by atoms with Gasteiger partial charge in [-0.15, -0.1) is 0 Å². The van der Waals surface area contributed by atoms with Crippen molar-refractivity contribution in [3.05, 3.63) is 84.2 Å². The molecule has 0 saturated carbocycles. The lowest BCUT2D eigenvalue weighted by Crippen LogP contribution is -2.32. The summed E-state index contributed by atoms with van der Waals surface area (Å²) in [7, 11) is 1.96. The van der Waals surface area contributed by atoms with Crippen LogP contribution in [-0.4, -0.2) is 32.0 Å². The van der Waals surface area contributed by atoms with Gasteiger partial charge in [0.15, 0.2) is 5.11 Å². The molecule has 1 aromatic carbocycles. The van der Waals surface area contributed by atoms with Gasteiger partial charge in [-0.1, -0.05) is 18.2 Å². The second-order valence-electron chi connectivity index (χ2n) is 7.21. The van der Waals surface area contributed by atoms with Gasteiger partial charge in [-0.2, -0.15) is 0 Å². The van der Waals surface area contributed by atoms with Crippen LogP contribution >= 0.6 is 12.2 Å². The topological polar surface area (TPSA) is 62.2 Å². The first-order chi connectivity index (χ1) is 14.5. The van der Waals surface area contributed by atoms with Crippen LogP contribution in [-0.2, 0) is 11.8 Å². The normalized spacial score (nSPS) is 18.3.